The molecule has 97 valence electrons. The molecule has 0 bridgehead atoms. The Morgan fingerprint density at radius 1 is 1.24 bits per heavy atom. The van der Waals surface area contributed by atoms with Crippen molar-refractivity contribution in [1.82, 2.24) is 5.32 Å². The van der Waals surface area contributed by atoms with E-state index in [0.717, 1.165) is 0 Å². The minimum absolute atomic E-state index is 0. The van der Waals surface area contributed by atoms with Crippen LogP contribution in [0.3, 0.4) is 0 Å². The third-order valence-corrected chi connectivity index (χ3v) is 2.16. The van der Waals surface area contributed by atoms with E-state index < -0.39 is 17.9 Å². The van der Waals surface area contributed by atoms with E-state index >= 15 is 0 Å². The van der Waals surface area contributed by atoms with Crippen LogP contribution in [0.1, 0.15) is 12.8 Å². The molecule has 0 aromatic rings. The van der Waals surface area contributed by atoms with E-state index in [2.05, 4.69) is 5.32 Å². The zero-order chi connectivity index (χ0) is 12.0. The summed E-state index contributed by atoms with van der Waals surface area (Å²) in [5.74, 6) is -2.83. The van der Waals surface area contributed by atoms with Gasteiger partial charge in [-0.05, 0) is 18.6 Å². The van der Waals surface area contributed by atoms with Gasteiger partial charge < -0.3 is 15.5 Å². The van der Waals surface area contributed by atoms with Crippen LogP contribution in [0.5, 0.6) is 0 Å². The summed E-state index contributed by atoms with van der Waals surface area (Å²) in [5.41, 5.74) is 0.499. The van der Waals surface area contributed by atoms with Crippen LogP contribution >= 0.6 is 0 Å². The summed E-state index contributed by atoms with van der Waals surface area (Å²) in [4.78, 5) is 21.4. The predicted octanol–water partition coefficient (Wildman–Crippen LogP) is 1.11. The first-order chi connectivity index (χ1) is 7.61. The van der Waals surface area contributed by atoms with Gasteiger partial charge in [-0.25, -0.2) is 0 Å². The van der Waals surface area contributed by atoms with Gasteiger partial charge in [0.25, 0.3) is 0 Å². The first-order valence-electron chi connectivity index (χ1n) is 4.86. The largest absolute Gasteiger partial charge is 0.481 e. The maximum Gasteiger partial charge on any atom is 0.312 e. The molecule has 1 atom stereocenters. The van der Waals surface area contributed by atoms with Gasteiger partial charge in [0, 0.05) is 35.4 Å². The van der Waals surface area contributed by atoms with Crippen molar-refractivity contribution in [3.05, 3.63) is 36.2 Å². The van der Waals surface area contributed by atoms with Crippen LogP contribution in [0.4, 0.5) is 0 Å². The average molecular weight is 287 g/mol. The molecular formula is C11H13CuNO4. The van der Waals surface area contributed by atoms with Crippen molar-refractivity contribution in [2.24, 2.45) is 5.92 Å². The average Bonchev–Trinajstić information content (AvgIpc) is 2.45. The smallest absolute Gasteiger partial charge is 0.312 e. The molecule has 0 aliphatic carbocycles. The molecule has 0 spiro atoms. The molecule has 0 fully saturated rings. The Bertz CT molecular complexity index is 374. The van der Waals surface area contributed by atoms with E-state index in [1.807, 2.05) is 0 Å². The van der Waals surface area contributed by atoms with Gasteiger partial charge in [-0.2, -0.15) is 0 Å². The van der Waals surface area contributed by atoms with Gasteiger partial charge in [0.2, 0.25) is 0 Å². The number of hydrogen-bond donors (Lipinski definition) is 3. The summed E-state index contributed by atoms with van der Waals surface area (Å²) >= 11 is 0. The Morgan fingerprint density at radius 2 is 1.94 bits per heavy atom. The van der Waals surface area contributed by atoms with E-state index in [4.69, 9.17) is 10.2 Å². The van der Waals surface area contributed by atoms with Crippen LogP contribution in [-0.2, 0) is 26.7 Å². The fraction of sp³-hybridized carbons (Fsp3) is 0.273. The Morgan fingerprint density at radius 3 is 2.53 bits per heavy atom. The molecule has 1 aliphatic rings. The number of hydrogen-bond acceptors (Lipinski definition) is 3. The second-order valence-electron chi connectivity index (χ2n) is 3.33. The van der Waals surface area contributed by atoms with E-state index in [1.54, 1.807) is 30.5 Å². The van der Waals surface area contributed by atoms with E-state index in [1.165, 1.54) is 0 Å². The molecule has 0 saturated carbocycles. The molecule has 6 heteroatoms. The number of carboxylic acids is 2. The number of aliphatic carboxylic acids is 2. The number of carboxylic acid groups (broad SMARTS) is 2. The van der Waals surface area contributed by atoms with Crippen LogP contribution in [0.25, 0.3) is 0 Å². The number of rotatable bonds is 5. The third-order valence-electron chi connectivity index (χ3n) is 2.16. The Labute approximate surface area is 109 Å². The van der Waals surface area contributed by atoms with Gasteiger partial charge in [0.1, 0.15) is 0 Å². The van der Waals surface area contributed by atoms with Crippen LogP contribution in [0, 0.1) is 5.92 Å². The first kappa shape index (κ1) is 15.5. The Hall–Kier alpha value is -1.52. The number of nitrogens with one attached hydrogen (secondary N) is 1. The third kappa shape index (κ3) is 5.38. The van der Waals surface area contributed by atoms with Crippen molar-refractivity contribution in [3.63, 3.8) is 0 Å². The minimum Gasteiger partial charge on any atom is -0.481 e. The summed E-state index contributed by atoms with van der Waals surface area (Å²) in [7, 11) is 0. The molecule has 0 amide bonds. The molecule has 1 heterocycles. The Balaban J connectivity index is 0.00000256. The van der Waals surface area contributed by atoms with E-state index in [-0.39, 0.29) is 29.9 Å². The summed E-state index contributed by atoms with van der Waals surface area (Å²) < 4.78 is 0. The molecule has 1 rings (SSSR count). The molecule has 1 unspecified atom stereocenters. The van der Waals surface area contributed by atoms with Gasteiger partial charge in [0.15, 0.2) is 0 Å². The van der Waals surface area contributed by atoms with Gasteiger partial charge in [-0.3, -0.25) is 9.59 Å². The number of carbonyl (C=O) groups is 2. The SMILES string of the molecule is O=C(O)CCC(C(=O)O)C1=CC=CC=CN1.[Cu]. The summed E-state index contributed by atoms with van der Waals surface area (Å²) in [6.45, 7) is 0. The van der Waals surface area contributed by atoms with Crippen molar-refractivity contribution >= 4 is 11.9 Å². The topological polar surface area (TPSA) is 86.6 Å². The quantitative estimate of drug-likeness (QED) is 0.659. The monoisotopic (exact) mass is 286 g/mol. The van der Waals surface area contributed by atoms with Crippen molar-refractivity contribution in [2.75, 3.05) is 0 Å². The molecule has 0 saturated heterocycles. The molecule has 3 N–H and O–H groups in total. The zero-order valence-electron chi connectivity index (χ0n) is 8.89. The summed E-state index contributed by atoms with van der Waals surface area (Å²) in [5, 5.41) is 20.4. The van der Waals surface area contributed by atoms with Gasteiger partial charge in [0.05, 0.1) is 5.92 Å². The molecule has 5 nitrogen and oxygen atoms in total. The van der Waals surface area contributed by atoms with Crippen LogP contribution in [0.2, 0.25) is 0 Å². The fourth-order valence-electron chi connectivity index (χ4n) is 1.37. The fourth-order valence-corrected chi connectivity index (χ4v) is 1.37. The van der Waals surface area contributed by atoms with Gasteiger partial charge in [-0.1, -0.05) is 12.2 Å². The Kier molecular flexibility index (Phi) is 7.01. The second-order valence-corrected chi connectivity index (χ2v) is 3.33. The maximum atomic E-state index is 11.0. The van der Waals surface area contributed by atoms with Gasteiger partial charge >= 0.3 is 11.9 Å². The van der Waals surface area contributed by atoms with Crippen molar-refractivity contribution < 1.29 is 36.9 Å². The summed E-state index contributed by atoms with van der Waals surface area (Å²) in [6.07, 6.45) is 8.37. The van der Waals surface area contributed by atoms with Crippen molar-refractivity contribution in [3.8, 4) is 0 Å². The predicted molar refractivity (Wildman–Crippen MR) is 57.5 cm³/mol. The molecule has 1 radical (unpaired) electrons. The van der Waals surface area contributed by atoms with Gasteiger partial charge in [-0.15, -0.1) is 0 Å². The minimum atomic E-state index is -1.02. The molecular weight excluding hydrogens is 274 g/mol. The summed E-state index contributed by atoms with van der Waals surface area (Å²) in [6, 6.07) is 0. The van der Waals surface area contributed by atoms with Crippen molar-refractivity contribution in [1.29, 1.82) is 0 Å². The maximum absolute atomic E-state index is 11.0. The van der Waals surface area contributed by atoms with Crippen LogP contribution < -0.4 is 5.32 Å². The van der Waals surface area contributed by atoms with Crippen LogP contribution in [-0.4, -0.2) is 22.2 Å². The van der Waals surface area contributed by atoms with E-state index in [9.17, 15) is 9.59 Å². The molecule has 17 heavy (non-hydrogen) atoms. The van der Waals surface area contributed by atoms with Crippen LogP contribution in [0.15, 0.2) is 36.2 Å². The molecule has 1 aliphatic heterocycles. The first-order valence-corrected chi connectivity index (χ1v) is 4.86. The van der Waals surface area contributed by atoms with Crippen molar-refractivity contribution in [2.45, 2.75) is 12.8 Å². The second kappa shape index (κ2) is 7.70. The molecule has 0 aromatic carbocycles. The number of allylic oxidation sites excluding steroid dienone is 4. The molecule has 0 aromatic heterocycles. The zero-order valence-corrected chi connectivity index (χ0v) is 9.83. The normalized spacial score (nSPS) is 14.9. The van der Waals surface area contributed by atoms with E-state index in [0.29, 0.717) is 5.70 Å². The standard InChI is InChI=1S/C11H13NO4.Cu/c13-10(14)6-5-8(11(15)16)9-4-2-1-3-7-12-9;/h1-4,7-8,12H,5-6H2,(H,13,14)(H,15,16);.